The molecule has 0 unspecified atom stereocenters. The van der Waals surface area contributed by atoms with Crippen LogP contribution in [0.1, 0.15) is 18.4 Å². The Hall–Kier alpha value is -0.910. The molecule has 0 bridgehead atoms. The van der Waals surface area contributed by atoms with Gasteiger partial charge in [0.25, 0.3) is 0 Å². The lowest BCUT2D eigenvalue weighted by Crippen LogP contribution is -2.42. The number of β-amino-alcohol motifs (C(OH)–C–C–N with tert-alkyl or cyclic N) is 1. The third-order valence-electron chi connectivity index (χ3n) is 5.48. The van der Waals surface area contributed by atoms with Gasteiger partial charge in [0.05, 0.1) is 11.6 Å². The quantitative estimate of drug-likeness (QED) is 0.855. The molecule has 2 saturated heterocycles. The Balaban J connectivity index is 0.00000113. The van der Waals surface area contributed by atoms with Crippen molar-refractivity contribution in [3.05, 3.63) is 42.1 Å². The minimum atomic E-state index is -0.211. The van der Waals surface area contributed by atoms with Crippen molar-refractivity contribution in [1.29, 1.82) is 0 Å². The average Bonchev–Trinajstić information content (AvgIpc) is 2.97. The Bertz CT molecular complexity index is 673. The minimum absolute atomic E-state index is 0. The first-order valence-electron chi connectivity index (χ1n) is 8.77. The van der Waals surface area contributed by atoms with E-state index in [1.54, 1.807) is 0 Å². The number of piperidine rings is 1. The number of rotatable bonds is 3. The molecule has 6 heteroatoms. The largest absolute Gasteiger partial charge is 0.391 e. The summed E-state index contributed by atoms with van der Waals surface area (Å²) in [5.74, 6) is 0.329. The topological polar surface area (TPSA) is 48.4 Å². The predicted molar refractivity (Wildman–Crippen MR) is 107 cm³/mol. The van der Waals surface area contributed by atoms with Crippen LogP contribution in [0.3, 0.4) is 0 Å². The molecule has 25 heavy (non-hydrogen) atoms. The highest BCUT2D eigenvalue weighted by Crippen LogP contribution is 2.28. The maximum atomic E-state index is 10.6. The highest BCUT2D eigenvalue weighted by Gasteiger charge is 2.35. The zero-order chi connectivity index (χ0) is 15.6. The monoisotopic (exact) mass is 383 g/mol. The first kappa shape index (κ1) is 20.4. The van der Waals surface area contributed by atoms with Crippen molar-refractivity contribution in [2.24, 2.45) is 5.92 Å². The van der Waals surface area contributed by atoms with Crippen molar-refractivity contribution in [3.63, 3.8) is 0 Å². The summed E-state index contributed by atoms with van der Waals surface area (Å²) in [6.45, 7) is 4.06. The van der Waals surface area contributed by atoms with E-state index in [0.717, 1.165) is 38.1 Å². The van der Waals surface area contributed by atoms with E-state index < -0.39 is 0 Å². The smallest absolute Gasteiger partial charge is 0.0710 e. The molecular weight excluding hydrogens is 357 g/mol. The van der Waals surface area contributed by atoms with Crippen LogP contribution < -0.4 is 5.32 Å². The maximum absolute atomic E-state index is 10.6. The number of aromatic nitrogens is 1. The number of aliphatic hydroxyl groups excluding tert-OH is 1. The Labute approximate surface area is 161 Å². The fraction of sp³-hybridized carbons (Fsp3) is 0.526. The summed E-state index contributed by atoms with van der Waals surface area (Å²) in [5, 5.41) is 15.2. The van der Waals surface area contributed by atoms with E-state index in [1.807, 2.05) is 12.3 Å². The lowest BCUT2D eigenvalue weighted by atomic mass is 9.94. The Morgan fingerprint density at radius 1 is 1.08 bits per heavy atom. The van der Waals surface area contributed by atoms with Gasteiger partial charge in [-0.25, -0.2) is 0 Å². The number of benzene rings is 1. The van der Waals surface area contributed by atoms with Crippen LogP contribution in [0, 0.1) is 5.92 Å². The molecule has 1 aromatic heterocycles. The van der Waals surface area contributed by atoms with Gasteiger partial charge in [0.15, 0.2) is 0 Å². The summed E-state index contributed by atoms with van der Waals surface area (Å²) in [6, 6.07) is 11.1. The fourth-order valence-electron chi connectivity index (χ4n) is 4.17. The molecule has 0 radical (unpaired) electrons. The van der Waals surface area contributed by atoms with E-state index in [0.29, 0.717) is 12.0 Å². The van der Waals surface area contributed by atoms with E-state index in [-0.39, 0.29) is 30.9 Å². The summed E-state index contributed by atoms with van der Waals surface area (Å²) >= 11 is 0. The lowest BCUT2D eigenvalue weighted by molar-refractivity contribution is 0.130. The Morgan fingerprint density at radius 2 is 1.84 bits per heavy atom. The number of fused-ring (bicyclic) bond motifs is 1. The predicted octanol–water partition coefficient (Wildman–Crippen LogP) is 2.67. The highest BCUT2D eigenvalue weighted by molar-refractivity contribution is 5.85. The van der Waals surface area contributed by atoms with Gasteiger partial charge in [0, 0.05) is 36.6 Å². The molecule has 2 N–H and O–H groups in total. The number of pyridine rings is 1. The number of hydrogen-bond acceptors (Lipinski definition) is 4. The van der Waals surface area contributed by atoms with Crippen molar-refractivity contribution in [3.8, 4) is 0 Å². The zero-order valence-electron chi connectivity index (χ0n) is 14.3. The lowest BCUT2D eigenvalue weighted by Gasteiger charge is -2.31. The number of hydrogen-bond donors (Lipinski definition) is 2. The number of nitrogens with zero attached hydrogens (tertiary/aromatic N) is 2. The normalized spacial score (nSPS) is 24.7. The first-order chi connectivity index (χ1) is 11.3. The molecule has 2 aromatic rings. The van der Waals surface area contributed by atoms with Crippen LogP contribution in [0.15, 0.2) is 36.5 Å². The van der Waals surface area contributed by atoms with Gasteiger partial charge in [-0.3, -0.25) is 9.88 Å². The molecule has 4 nitrogen and oxygen atoms in total. The van der Waals surface area contributed by atoms with Gasteiger partial charge in [-0.05, 0) is 50.0 Å². The summed E-state index contributed by atoms with van der Waals surface area (Å²) in [4.78, 5) is 6.96. The number of nitrogens with one attached hydrogen (secondary N) is 1. The number of aliphatic hydroxyl groups is 1. The molecule has 0 amide bonds. The summed E-state index contributed by atoms with van der Waals surface area (Å²) in [6.07, 6.45) is 5.03. The third kappa shape index (κ3) is 4.44. The van der Waals surface area contributed by atoms with Crippen molar-refractivity contribution < 1.29 is 5.11 Å². The van der Waals surface area contributed by atoms with E-state index >= 15 is 0 Å². The number of likely N-dealkylation sites (tertiary alicyclic amines) is 1. The second kappa shape index (κ2) is 9.15. The summed E-state index contributed by atoms with van der Waals surface area (Å²) in [7, 11) is 0. The van der Waals surface area contributed by atoms with Crippen LogP contribution in [0.5, 0.6) is 0 Å². The summed E-state index contributed by atoms with van der Waals surface area (Å²) in [5.41, 5.74) is 2.36. The SMILES string of the molecule is Cl.Cl.O[C@H]1CN(C2CCNCC2)C[C@H]1Cc1ccnc2ccccc12. The van der Waals surface area contributed by atoms with Crippen LogP contribution in [-0.2, 0) is 6.42 Å². The van der Waals surface area contributed by atoms with Crippen LogP contribution in [0.25, 0.3) is 10.9 Å². The van der Waals surface area contributed by atoms with Crippen molar-refractivity contribution in [1.82, 2.24) is 15.2 Å². The standard InChI is InChI=1S/C19H25N3O.2ClH/c23-19-13-22(16-6-8-20-9-7-16)12-15(19)11-14-5-10-21-18-4-2-1-3-17(14)18;;/h1-5,10,15-16,19-20,23H,6-9,11-13H2;2*1H/t15-,19+;;/m1../s1. The van der Waals surface area contributed by atoms with Gasteiger partial charge in [-0.15, -0.1) is 24.8 Å². The van der Waals surface area contributed by atoms with Gasteiger partial charge in [0.2, 0.25) is 0 Å². The molecule has 2 fully saturated rings. The molecule has 2 aliphatic rings. The Morgan fingerprint density at radius 3 is 2.64 bits per heavy atom. The molecule has 1 aromatic carbocycles. The van der Waals surface area contributed by atoms with Gasteiger partial charge in [-0.1, -0.05) is 18.2 Å². The number of halogens is 2. The molecule has 3 heterocycles. The Kier molecular flexibility index (Phi) is 7.47. The molecule has 2 aliphatic heterocycles. The molecule has 0 aliphatic carbocycles. The molecule has 0 saturated carbocycles. The van der Waals surface area contributed by atoms with Gasteiger partial charge < -0.3 is 10.4 Å². The van der Waals surface area contributed by atoms with Crippen LogP contribution in [0.2, 0.25) is 0 Å². The highest BCUT2D eigenvalue weighted by atomic mass is 35.5. The van der Waals surface area contributed by atoms with E-state index in [2.05, 4.69) is 39.5 Å². The minimum Gasteiger partial charge on any atom is -0.391 e. The van der Waals surface area contributed by atoms with Crippen LogP contribution in [-0.4, -0.2) is 53.3 Å². The summed E-state index contributed by atoms with van der Waals surface area (Å²) < 4.78 is 0. The zero-order valence-corrected chi connectivity index (χ0v) is 15.9. The van der Waals surface area contributed by atoms with Gasteiger partial charge in [0.1, 0.15) is 0 Å². The first-order valence-corrected chi connectivity index (χ1v) is 8.77. The van der Waals surface area contributed by atoms with E-state index in [9.17, 15) is 5.11 Å². The maximum Gasteiger partial charge on any atom is 0.0710 e. The second-order valence-corrected chi connectivity index (χ2v) is 6.95. The van der Waals surface area contributed by atoms with E-state index in [1.165, 1.54) is 23.8 Å². The molecule has 2 atom stereocenters. The van der Waals surface area contributed by atoms with Crippen LogP contribution >= 0.6 is 24.8 Å². The van der Waals surface area contributed by atoms with E-state index in [4.69, 9.17) is 0 Å². The number of para-hydroxylation sites is 1. The molecular formula is C19H27Cl2N3O. The van der Waals surface area contributed by atoms with Crippen LogP contribution in [0.4, 0.5) is 0 Å². The van der Waals surface area contributed by atoms with Gasteiger partial charge in [-0.2, -0.15) is 0 Å². The molecule has 4 rings (SSSR count). The second-order valence-electron chi connectivity index (χ2n) is 6.95. The van der Waals surface area contributed by atoms with Crippen molar-refractivity contribution in [2.75, 3.05) is 26.2 Å². The molecule has 138 valence electrons. The molecule has 0 spiro atoms. The average molecular weight is 384 g/mol. The third-order valence-corrected chi connectivity index (χ3v) is 5.48. The van der Waals surface area contributed by atoms with Gasteiger partial charge >= 0.3 is 0 Å². The van der Waals surface area contributed by atoms with Crippen molar-refractivity contribution >= 4 is 35.7 Å². The fourth-order valence-corrected chi connectivity index (χ4v) is 4.17. The van der Waals surface area contributed by atoms with Crippen molar-refractivity contribution in [2.45, 2.75) is 31.4 Å².